The third kappa shape index (κ3) is 3.12. The quantitative estimate of drug-likeness (QED) is 0.773. The summed E-state index contributed by atoms with van der Waals surface area (Å²) in [6, 6.07) is 6.56. The molecular weight excluding hydrogens is 266 g/mol. The second-order valence-electron chi connectivity index (χ2n) is 4.38. The summed E-state index contributed by atoms with van der Waals surface area (Å²) in [4.78, 5) is 11.2. The molecule has 0 unspecified atom stereocenters. The molecule has 2 rings (SSSR count). The van der Waals surface area contributed by atoms with Crippen LogP contribution in [0.25, 0.3) is 0 Å². The molecule has 0 fully saturated rings. The number of sulfonamides is 1. The molecule has 102 valence electrons. The van der Waals surface area contributed by atoms with Crippen LogP contribution < -0.4 is 10.3 Å². The Labute approximate surface area is 110 Å². The first-order chi connectivity index (χ1) is 8.88. The molecule has 0 amide bonds. The number of H-pyrrole nitrogens is 2. The van der Waals surface area contributed by atoms with Crippen LogP contribution in [0.3, 0.4) is 0 Å². The first-order valence-corrected chi connectivity index (χ1v) is 7.20. The van der Waals surface area contributed by atoms with Crippen molar-refractivity contribution < 1.29 is 8.42 Å². The molecule has 3 N–H and O–H groups in total. The maximum atomic E-state index is 12.2. The van der Waals surface area contributed by atoms with Gasteiger partial charge in [0, 0.05) is 6.07 Å². The standard InChI is InChI=1S/C12H15N3O3S/c1-8-3-4-9(2)11(5-8)19(17,18)13-7-10-6-12(16)15-14-10/h3-6,13H,7H2,1-2H3,(H2,14,15,16). The second-order valence-corrected chi connectivity index (χ2v) is 6.11. The van der Waals surface area contributed by atoms with E-state index >= 15 is 0 Å². The van der Waals surface area contributed by atoms with Crippen LogP contribution in [0.1, 0.15) is 16.8 Å². The van der Waals surface area contributed by atoms with E-state index in [1.807, 2.05) is 13.0 Å². The predicted octanol–water partition coefficient (Wildman–Crippen LogP) is 0.798. The summed E-state index contributed by atoms with van der Waals surface area (Å²) in [6.07, 6.45) is 0. The van der Waals surface area contributed by atoms with Crippen molar-refractivity contribution >= 4 is 10.0 Å². The predicted molar refractivity (Wildman–Crippen MR) is 71.4 cm³/mol. The van der Waals surface area contributed by atoms with Gasteiger partial charge >= 0.3 is 0 Å². The molecule has 0 radical (unpaired) electrons. The fourth-order valence-electron chi connectivity index (χ4n) is 1.71. The summed E-state index contributed by atoms with van der Waals surface area (Å²) >= 11 is 0. The molecule has 1 aromatic heterocycles. The van der Waals surface area contributed by atoms with E-state index in [4.69, 9.17) is 0 Å². The van der Waals surface area contributed by atoms with Gasteiger partial charge < -0.3 is 5.10 Å². The number of hydrogen-bond donors (Lipinski definition) is 3. The van der Waals surface area contributed by atoms with Crippen LogP contribution in [0.4, 0.5) is 0 Å². The van der Waals surface area contributed by atoms with Gasteiger partial charge in [-0.3, -0.25) is 9.89 Å². The average molecular weight is 281 g/mol. The Balaban J connectivity index is 2.23. The molecule has 0 saturated heterocycles. The van der Waals surface area contributed by atoms with Crippen molar-refractivity contribution in [3.63, 3.8) is 0 Å². The number of aryl methyl sites for hydroxylation is 2. The van der Waals surface area contributed by atoms with Gasteiger partial charge in [0.05, 0.1) is 17.1 Å². The lowest BCUT2D eigenvalue weighted by Gasteiger charge is -2.09. The molecule has 0 spiro atoms. The number of aromatic nitrogens is 2. The minimum atomic E-state index is -3.59. The smallest absolute Gasteiger partial charge is 0.264 e. The van der Waals surface area contributed by atoms with E-state index in [-0.39, 0.29) is 17.0 Å². The van der Waals surface area contributed by atoms with Crippen molar-refractivity contribution in [3.8, 4) is 0 Å². The highest BCUT2D eigenvalue weighted by atomic mass is 32.2. The number of aromatic amines is 2. The monoisotopic (exact) mass is 281 g/mol. The summed E-state index contributed by atoms with van der Waals surface area (Å²) < 4.78 is 26.8. The topological polar surface area (TPSA) is 94.8 Å². The van der Waals surface area contributed by atoms with Crippen molar-refractivity contribution in [2.75, 3.05) is 0 Å². The number of rotatable bonds is 4. The first kappa shape index (κ1) is 13.6. The van der Waals surface area contributed by atoms with E-state index in [9.17, 15) is 13.2 Å². The summed E-state index contributed by atoms with van der Waals surface area (Å²) in [5, 5.41) is 4.94. The van der Waals surface area contributed by atoms with Crippen LogP contribution in [0.2, 0.25) is 0 Å². The van der Waals surface area contributed by atoms with Gasteiger partial charge in [0.25, 0.3) is 5.56 Å². The van der Waals surface area contributed by atoms with Gasteiger partial charge in [-0.15, -0.1) is 0 Å². The molecule has 0 aliphatic rings. The molecule has 19 heavy (non-hydrogen) atoms. The van der Waals surface area contributed by atoms with Crippen molar-refractivity contribution in [3.05, 3.63) is 51.4 Å². The van der Waals surface area contributed by atoms with Gasteiger partial charge in [0.2, 0.25) is 10.0 Å². The zero-order valence-corrected chi connectivity index (χ0v) is 11.5. The Morgan fingerprint density at radius 1 is 1.16 bits per heavy atom. The minimum Gasteiger partial charge on any atom is -0.301 e. The van der Waals surface area contributed by atoms with Crippen molar-refractivity contribution in [2.45, 2.75) is 25.3 Å². The molecule has 7 heteroatoms. The van der Waals surface area contributed by atoms with Crippen LogP contribution in [-0.2, 0) is 16.6 Å². The molecule has 0 atom stereocenters. The number of nitrogens with one attached hydrogen (secondary N) is 3. The van der Waals surface area contributed by atoms with E-state index < -0.39 is 10.0 Å². The molecule has 1 heterocycles. The molecule has 2 aromatic rings. The van der Waals surface area contributed by atoms with E-state index in [1.54, 1.807) is 19.1 Å². The third-order valence-corrected chi connectivity index (χ3v) is 4.28. The van der Waals surface area contributed by atoms with Crippen molar-refractivity contribution in [1.29, 1.82) is 0 Å². The van der Waals surface area contributed by atoms with Crippen LogP contribution in [0.15, 0.2) is 34.0 Å². The number of hydrogen-bond acceptors (Lipinski definition) is 3. The molecule has 0 aliphatic carbocycles. The molecule has 0 bridgehead atoms. The highest BCUT2D eigenvalue weighted by molar-refractivity contribution is 7.89. The second kappa shape index (κ2) is 5.02. The Morgan fingerprint density at radius 2 is 1.89 bits per heavy atom. The summed E-state index contributed by atoms with van der Waals surface area (Å²) in [5.41, 5.74) is 1.75. The van der Waals surface area contributed by atoms with E-state index in [1.165, 1.54) is 6.07 Å². The van der Waals surface area contributed by atoms with Gasteiger partial charge in [-0.05, 0) is 31.0 Å². The average Bonchev–Trinajstić information content (AvgIpc) is 2.76. The van der Waals surface area contributed by atoms with Crippen LogP contribution in [-0.4, -0.2) is 18.6 Å². The normalized spacial score (nSPS) is 11.7. The SMILES string of the molecule is Cc1ccc(C)c(S(=O)(=O)NCc2cc(=O)[nH][nH]2)c1. The maximum Gasteiger partial charge on any atom is 0.264 e. The van der Waals surface area contributed by atoms with Crippen molar-refractivity contribution in [1.82, 2.24) is 14.9 Å². The van der Waals surface area contributed by atoms with Crippen LogP contribution >= 0.6 is 0 Å². The van der Waals surface area contributed by atoms with Gasteiger partial charge in [0.15, 0.2) is 0 Å². The van der Waals surface area contributed by atoms with E-state index in [0.717, 1.165) is 5.56 Å². The lowest BCUT2D eigenvalue weighted by Crippen LogP contribution is -2.24. The van der Waals surface area contributed by atoms with E-state index in [2.05, 4.69) is 14.9 Å². The van der Waals surface area contributed by atoms with Gasteiger partial charge in [-0.1, -0.05) is 12.1 Å². The lowest BCUT2D eigenvalue weighted by atomic mass is 10.2. The fraction of sp³-hybridized carbons (Fsp3) is 0.250. The van der Waals surface area contributed by atoms with Crippen molar-refractivity contribution in [2.24, 2.45) is 0 Å². The van der Waals surface area contributed by atoms with E-state index in [0.29, 0.717) is 11.3 Å². The Morgan fingerprint density at radius 3 is 2.53 bits per heavy atom. The van der Waals surface area contributed by atoms with Gasteiger partial charge in [0.1, 0.15) is 0 Å². The zero-order chi connectivity index (χ0) is 14.0. The minimum absolute atomic E-state index is 0.0362. The molecular formula is C12H15N3O3S. The van der Waals surface area contributed by atoms with Crippen LogP contribution in [0.5, 0.6) is 0 Å². The Hall–Kier alpha value is -1.86. The maximum absolute atomic E-state index is 12.2. The van der Waals surface area contributed by atoms with Gasteiger partial charge in [-0.25, -0.2) is 13.1 Å². The molecule has 0 saturated carbocycles. The van der Waals surface area contributed by atoms with Gasteiger partial charge in [-0.2, -0.15) is 0 Å². The van der Waals surface area contributed by atoms with Crippen LogP contribution in [0, 0.1) is 13.8 Å². The Bertz CT molecular complexity index is 744. The molecule has 1 aromatic carbocycles. The third-order valence-electron chi connectivity index (χ3n) is 2.74. The largest absolute Gasteiger partial charge is 0.301 e. The zero-order valence-electron chi connectivity index (χ0n) is 10.6. The highest BCUT2D eigenvalue weighted by Gasteiger charge is 2.16. The highest BCUT2D eigenvalue weighted by Crippen LogP contribution is 2.16. The Kier molecular flexibility index (Phi) is 3.59. The molecule has 6 nitrogen and oxygen atoms in total. The number of benzene rings is 1. The first-order valence-electron chi connectivity index (χ1n) is 5.72. The summed E-state index contributed by atoms with van der Waals surface area (Å²) in [5.74, 6) is 0. The molecule has 0 aliphatic heterocycles. The summed E-state index contributed by atoms with van der Waals surface area (Å²) in [6.45, 7) is 3.61. The fourth-order valence-corrected chi connectivity index (χ4v) is 3.05. The summed E-state index contributed by atoms with van der Waals surface area (Å²) in [7, 11) is -3.59. The lowest BCUT2D eigenvalue weighted by molar-refractivity contribution is 0.579.